The van der Waals surface area contributed by atoms with Crippen LogP contribution in [-0.2, 0) is 5.54 Å². The predicted octanol–water partition coefficient (Wildman–Crippen LogP) is 4.40. The molecule has 1 aliphatic carbocycles. The Morgan fingerprint density at radius 3 is 2.33 bits per heavy atom. The summed E-state index contributed by atoms with van der Waals surface area (Å²) in [6.07, 6.45) is 6.18. The Bertz CT molecular complexity index is 711. The molecule has 114 valence electrons. The van der Waals surface area contributed by atoms with E-state index in [1.54, 1.807) is 14.2 Å². The van der Waals surface area contributed by atoms with Crippen LogP contribution in [0.2, 0.25) is 0 Å². The van der Waals surface area contributed by atoms with Crippen LogP contribution in [0.1, 0.15) is 39.0 Å². The maximum atomic E-state index is 5.59. The number of benzene rings is 1. The highest BCUT2D eigenvalue weighted by Gasteiger charge is 2.31. The fourth-order valence-corrected chi connectivity index (χ4v) is 3.94. The molecule has 1 saturated carbocycles. The van der Waals surface area contributed by atoms with E-state index in [0.29, 0.717) is 0 Å². The first kappa shape index (κ1) is 14.4. The van der Waals surface area contributed by atoms with Crippen molar-refractivity contribution in [1.82, 2.24) is 9.55 Å². The summed E-state index contributed by atoms with van der Waals surface area (Å²) in [6.45, 7) is 2.31. The average molecular weight is 306 g/mol. The van der Waals surface area contributed by atoms with Crippen LogP contribution in [0.25, 0.3) is 11.0 Å². The molecular weight excluding hydrogens is 284 g/mol. The van der Waals surface area contributed by atoms with Crippen LogP contribution >= 0.6 is 12.2 Å². The minimum absolute atomic E-state index is 0.0905. The van der Waals surface area contributed by atoms with Crippen LogP contribution < -0.4 is 9.47 Å². The normalized spacial score (nSPS) is 17.9. The molecular formula is C16H22N2O2S. The maximum Gasteiger partial charge on any atom is 0.178 e. The average Bonchev–Trinajstić information content (AvgIpc) is 2.81. The fraction of sp³-hybridized carbons (Fsp3) is 0.562. The van der Waals surface area contributed by atoms with Crippen LogP contribution in [0.4, 0.5) is 0 Å². The number of hydrogen-bond acceptors (Lipinski definition) is 3. The van der Waals surface area contributed by atoms with E-state index in [-0.39, 0.29) is 5.54 Å². The van der Waals surface area contributed by atoms with E-state index < -0.39 is 0 Å². The van der Waals surface area contributed by atoms with Crippen LogP contribution in [0.5, 0.6) is 11.5 Å². The number of imidazole rings is 1. The van der Waals surface area contributed by atoms with Gasteiger partial charge in [-0.15, -0.1) is 0 Å². The molecule has 0 atom stereocenters. The van der Waals surface area contributed by atoms with Crippen molar-refractivity contribution in [2.24, 2.45) is 0 Å². The predicted molar refractivity (Wildman–Crippen MR) is 87.0 cm³/mol. The van der Waals surface area contributed by atoms with Crippen molar-refractivity contribution in [1.29, 1.82) is 0 Å². The van der Waals surface area contributed by atoms with Gasteiger partial charge in [-0.1, -0.05) is 19.3 Å². The van der Waals surface area contributed by atoms with Gasteiger partial charge in [0.15, 0.2) is 16.3 Å². The molecule has 1 N–H and O–H groups in total. The highest BCUT2D eigenvalue weighted by Crippen LogP contribution is 2.39. The van der Waals surface area contributed by atoms with Gasteiger partial charge in [0.05, 0.1) is 25.3 Å². The van der Waals surface area contributed by atoms with Gasteiger partial charge in [-0.05, 0) is 32.0 Å². The fourth-order valence-electron chi connectivity index (χ4n) is 3.51. The lowest BCUT2D eigenvalue weighted by Crippen LogP contribution is -2.32. The number of aromatic nitrogens is 2. The van der Waals surface area contributed by atoms with Gasteiger partial charge >= 0.3 is 0 Å². The Morgan fingerprint density at radius 2 is 1.71 bits per heavy atom. The molecule has 0 radical (unpaired) electrons. The largest absolute Gasteiger partial charge is 0.493 e. The van der Waals surface area contributed by atoms with E-state index in [1.165, 1.54) is 32.1 Å². The summed E-state index contributed by atoms with van der Waals surface area (Å²) in [4.78, 5) is 3.32. The molecule has 1 aliphatic rings. The van der Waals surface area contributed by atoms with Gasteiger partial charge in [0, 0.05) is 17.7 Å². The second-order valence-corrected chi connectivity index (χ2v) is 6.43. The maximum absolute atomic E-state index is 5.59. The molecule has 2 aromatic rings. The first-order valence-electron chi connectivity index (χ1n) is 7.46. The number of nitrogens with one attached hydrogen (secondary N) is 1. The Balaban J connectivity index is 2.23. The second kappa shape index (κ2) is 5.37. The van der Waals surface area contributed by atoms with E-state index in [0.717, 1.165) is 27.3 Å². The summed E-state index contributed by atoms with van der Waals surface area (Å²) < 4.78 is 13.9. The summed E-state index contributed by atoms with van der Waals surface area (Å²) in [6, 6.07) is 3.99. The van der Waals surface area contributed by atoms with Crippen molar-refractivity contribution in [2.75, 3.05) is 14.2 Å². The van der Waals surface area contributed by atoms with E-state index in [2.05, 4.69) is 16.5 Å². The SMILES string of the molecule is COc1cc2[nH]c(=S)n(C3(C)CCCCC3)c2cc1OC. The highest BCUT2D eigenvalue weighted by atomic mass is 32.1. The molecule has 4 nitrogen and oxygen atoms in total. The first-order chi connectivity index (χ1) is 10.1. The summed E-state index contributed by atoms with van der Waals surface area (Å²) in [5.41, 5.74) is 2.19. The van der Waals surface area contributed by atoms with E-state index >= 15 is 0 Å². The third-order valence-electron chi connectivity index (χ3n) is 4.66. The Labute approximate surface area is 130 Å². The van der Waals surface area contributed by atoms with Crippen LogP contribution in [0.15, 0.2) is 12.1 Å². The lowest BCUT2D eigenvalue weighted by atomic mass is 9.83. The quantitative estimate of drug-likeness (QED) is 0.855. The lowest BCUT2D eigenvalue weighted by molar-refractivity contribution is 0.222. The number of rotatable bonds is 3. The topological polar surface area (TPSA) is 39.2 Å². The number of H-pyrrole nitrogens is 1. The summed E-state index contributed by atoms with van der Waals surface area (Å²) in [5, 5.41) is 0. The summed E-state index contributed by atoms with van der Waals surface area (Å²) >= 11 is 5.59. The van der Waals surface area contributed by atoms with Gasteiger partial charge < -0.3 is 19.0 Å². The number of methoxy groups -OCH3 is 2. The van der Waals surface area contributed by atoms with Crippen LogP contribution in [-0.4, -0.2) is 23.8 Å². The van der Waals surface area contributed by atoms with Crippen molar-refractivity contribution in [3.8, 4) is 11.5 Å². The zero-order valence-electron chi connectivity index (χ0n) is 12.9. The standard InChI is InChI=1S/C16H22N2O2S/c1-16(7-5-4-6-8-16)18-12-10-14(20-3)13(19-2)9-11(12)17-15(18)21/h9-10H,4-8H2,1-3H3,(H,17,21). The first-order valence-corrected chi connectivity index (χ1v) is 7.87. The smallest absolute Gasteiger partial charge is 0.178 e. The number of ether oxygens (including phenoxy) is 2. The number of nitrogens with zero attached hydrogens (tertiary/aromatic N) is 1. The molecule has 0 bridgehead atoms. The van der Waals surface area contributed by atoms with Gasteiger partial charge in [0.25, 0.3) is 0 Å². The van der Waals surface area contributed by atoms with Gasteiger partial charge in [0.2, 0.25) is 0 Å². The van der Waals surface area contributed by atoms with E-state index in [1.807, 2.05) is 12.1 Å². The molecule has 0 aliphatic heterocycles. The van der Waals surface area contributed by atoms with Gasteiger partial charge in [0.1, 0.15) is 0 Å². The second-order valence-electron chi connectivity index (χ2n) is 6.05. The zero-order valence-corrected chi connectivity index (χ0v) is 13.7. The third kappa shape index (κ3) is 2.33. The molecule has 1 aromatic carbocycles. The molecule has 0 amide bonds. The van der Waals surface area contributed by atoms with Crippen molar-refractivity contribution >= 4 is 23.3 Å². The minimum atomic E-state index is 0.0905. The van der Waals surface area contributed by atoms with E-state index in [9.17, 15) is 0 Å². The molecule has 5 heteroatoms. The molecule has 1 aromatic heterocycles. The van der Waals surface area contributed by atoms with Crippen LogP contribution in [0, 0.1) is 4.77 Å². The summed E-state index contributed by atoms with van der Waals surface area (Å²) in [7, 11) is 3.31. The molecule has 0 spiro atoms. The molecule has 21 heavy (non-hydrogen) atoms. The van der Waals surface area contributed by atoms with Gasteiger partial charge in [-0.3, -0.25) is 0 Å². The number of fused-ring (bicyclic) bond motifs is 1. The third-order valence-corrected chi connectivity index (χ3v) is 4.94. The van der Waals surface area contributed by atoms with Crippen LogP contribution in [0.3, 0.4) is 0 Å². The Morgan fingerprint density at radius 1 is 1.10 bits per heavy atom. The van der Waals surface area contributed by atoms with Gasteiger partial charge in [-0.25, -0.2) is 0 Å². The number of aromatic amines is 1. The Hall–Kier alpha value is -1.49. The molecule has 0 saturated heterocycles. The van der Waals surface area contributed by atoms with Crippen molar-refractivity contribution < 1.29 is 9.47 Å². The monoisotopic (exact) mass is 306 g/mol. The van der Waals surface area contributed by atoms with E-state index in [4.69, 9.17) is 21.7 Å². The summed E-state index contributed by atoms with van der Waals surface area (Å²) in [5.74, 6) is 1.47. The lowest BCUT2D eigenvalue weighted by Gasteiger charge is -2.35. The zero-order chi connectivity index (χ0) is 15.0. The van der Waals surface area contributed by atoms with Crippen molar-refractivity contribution in [3.05, 3.63) is 16.9 Å². The van der Waals surface area contributed by atoms with Crippen molar-refractivity contribution in [3.63, 3.8) is 0 Å². The highest BCUT2D eigenvalue weighted by molar-refractivity contribution is 7.71. The Kier molecular flexibility index (Phi) is 3.69. The molecule has 1 heterocycles. The minimum Gasteiger partial charge on any atom is -0.493 e. The van der Waals surface area contributed by atoms with Gasteiger partial charge in [-0.2, -0.15) is 0 Å². The number of hydrogen-bond donors (Lipinski definition) is 1. The molecule has 1 fully saturated rings. The molecule has 3 rings (SSSR count). The van der Waals surface area contributed by atoms with Crippen molar-refractivity contribution in [2.45, 2.75) is 44.6 Å². The molecule has 0 unspecified atom stereocenters.